The number of carbonyl (C=O) groups excluding carboxylic acids is 4. The number of nitrogens with two attached hydrogens (primary N) is 1. The third-order valence-corrected chi connectivity index (χ3v) is 8.30. The first kappa shape index (κ1) is 30.9. The van der Waals surface area contributed by atoms with E-state index in [2.05, 4.69) is 5.32 Å². The van der Waals surface area contributed by atoms with Gasteiger partial charge in [-0.15, -0.1) is 0 Å². The van der Waals surface area contributed by atoms with Gasteiger partial charge in [-0.05, 0) is 68.3 Å². The van der Waals surface area contributed by atoms with Gasteiger partial charge in [0.1, 0.15) is 19.0 Å². The summed E-state index contributed by atoms with van der Waals surface area (Å²) in [5, 5.41) is 2.89. The number of nitrogens with zero attached hydrogens (tertiary/aromatic N) is 3. The number of amides is 4. The van der Waals surface area contributed by atoms with Crippen molar-refractivity contribution >= 4 is 23.6 Å². The summed E-state index contributed by atoms with van der Waals surface area (Å²) in [6.45, 7) is 3.30. The van der Waals surface area contributed by atoms with Crippen LogP contribution in [0.3, 0.4) is 0 Å². The van der Waals surface area contributed by atoms with Gasteiger partial charge in [0.25, 0.3) is 5.91 Å². The molecule has 4 saturated heterocycles. The Morgan fingerprint density at radius 1 is 0.976 bits per heavy atom. The molecule has 4 aliphatic rings. The van der Waals surface area contributed by atoms with E-state index in [0.29, 0.717) is 83.5 Å². The normalized spacial score (nSPS) is 24.6. The number of hydrogen-bond acceptors (Lipinski definition) is 7. The molecule has 0 spiro atoms. The van der Waals surface area contributed by atoms with Crippen molar-refractivity contribution in [3.63, 3.8) is 0 Å². The summed E-state index contributed by atoms with van der Waals surface area (Å²) in [5.41, 5.74) is 6.29. The van der Waals surface area contributed by atoms with Gasteiger partial charge in [0.05, 0.1) is 19.8 Å². The minimum atomic E-state index is -0.403. The van der Waals surface area contributed by atoms with Crippen LogP contribution in [0.25, 0.3) is 0 Å². The molecule has 4 heterocycles. The number of benzene rings is 1. The van der Waals surface area contributed by atoms with E-state index >= 15 is 0 Å². The number of piperidine rings is 2. The largest absolute Gasteiger partial charge is 0.377 e. The molecule has 1 aromatic carbocycles. The van der Waals surface area contributed by atoms with E-state index in [1.54, 1.807) is 14.7 Å². The van der Waals surface area contributed by atoms with Crippen molar-refractivity contribution in [1.29, 1.82) is 0 Å². The van der Waals surface area contributed by atoms with Gasteiger partial charge in [0.2, 0.25) is 17.7 Å². The van der Waals surface area contributed by atoms with Crippen LogP contribution in [-0.4, -0.2) is 117 Å². The fourth-order valence-electron chi connectivity index (χ4n) is 5.97. The number of rotatable bonds is 4. The molecule has 1 aromatic rings. The minimum absolute atomic E-state index is 0.0289. The predicted octanol–water partition coefficient (Wildman–Crippen LogP) is 0.626. The van der Waals surface area contributed by atoms with Gasteiger partial charge in [-0.2, -0.15) is 0 Å². The molecule has 0 unspecified atom stereocenters. The molecule has 0 saturated carbocycles. The maximum Gasteiger partial charge on any atom is 0.253 e. The third-order valence-electron chi connectivity index (χ3n) is 8.30. The summed E-state index contributed by atoms with van der Waals surface area (Å²) in [7, 11) is 0. The van der Waals surface area contributed by atoms with E-state index in [9.17, 15) is 23.6 Å². The van der Waals surface area contributed by atoms with Gasteiger partial charge >= 0.3 is 0 Å². The zero-order chi connectivity index (χ0) is 29.2. The molecule has 0 radical (unpaired) electrons. The van der Waals surface area contributed by atoms with Crippen molar-refractivity contribution in [2.45, 2.75) is 38.1 Å². The van der Waals surface area contributed by atoms with Crippen LogP contribution in [0.15, 0.2) is 24.3 Å². The quantitative estimate of drug-likeness (QED) is 0.503. The number of likely N-dealkylation sites (tertiary alicyclic amines) is 1. The standard InChI is InChI=1S/C29H42FN5O6/c30-24-3-1-21(2-4-24)29(39)33-12-7-25(8-13-33)35-19-27(37)34-11-6-22(23(18-34)5-9-31)17-26(36)32-10-14-40-15-16-41-20-28(35)38/h1-4,22-23,25H,5-20,31H2,(H,32,36)/t22-,23-/m0/s1. The summed E-state index contributed by atoms with van der Waals surface area (Å²) in [5.74, 6) is -0.792. The van der Waals surface area contributed by atoms with Crippen molar-refractivity contribution in [2.75, 3.05) is 72.2 Å². The second-order valence-corrected chi connectivity index (χ2v) is 11.0. The summed E-state index contributed by atoms with van der Waals surface area (Å²) in [6, 6.07) is 5.23. The predicted molar refractivity (Wildman–Crippen MR) is 148 cm³/mol. The van der Waals surface area contributed by atoms with Crippen LogP contribution in [-0.2, 0) is 23.9 Å². The summed E-state index contributed by atoms with van der Waals surface area (Å²) in [4.78, 5) is 57.4. The number of halogens is 1. The Hall–Kier alpha value is -3.09. The first-order valence-corrected chi connectivity index (χ1v) is 14.6. The highest BCUT2D eigenvalue weighted by Gasteiger charge is 2.36. The van der Waals surface area contributed by atoms with Crippen molar-refractivity contribution in [2.24, 2.45) is 17.6 Å². The lowest BCUT2D eigenvalue weighted by Crippen LogP contribution is -2.54. The van der Waals surface area contributed by atoms with Crippen molar-refractivity contribution < 1.29 is 33.0 Å². The lowest BCUT2D eigenvalue weighted by molar-refractivity contribution is -0.148. The fraction of sp³-hybridized carbons (Fsp3) is 0.655. The van der Waals surface area contributed by atoms with Crippen LogP contribution in [0.4, 0.5) is 4.39 Å². The van der Waals surface area contributed by atoms with E-state index in [1.807, 2.05) is 0 Å². The van der Waals surface area contributed by atoms with Gasteiger partial charge in [0.15, 0.2) is 0 Å². The molecule has 2 atom stereocenters. The summed E-state index contributed by atoms with van der Waals surface area (Å²) >= 11 is 0. The Kier molecular flexibility index (Phi) is 11.5. The Balaban J connectivity index is 1.43. The number of nitrogens with one attached hydrogen (secondary N) is 1. The molecular formula is C29H42FN5O6. The van der Waals surface area contributed by atoms with Crippen molar-refractivity contribution in [1.82, 2.24) is 20.0 Å². The highest BCUT2D eigenvalue weighted by molar-refractivity contribution is 5.94. The first-order chi connectivity index (χ1) is 19.9. The van der Waals surface area contributed by atoms with Crippen molar-refractivity contribution in [3.05, 3.63) is 35.6 Å². The molecule has 0 aliphatic carbocycles. The minimum Gasteiger partial charge on any atom is -0.377 e. The average Bonchev–Trinajstić information content (AvgIpc) is 2.97. The van der Waals surface area contributed by atoms with Crippen LogP contribution < -0.4 is 11.1 Å². The van der Waals surface area contributed by atoms with E-state index in [-0.39, 0.29) is 67.9 Å². The van der Waals surface area contributed by atoms with Gasteiger partial charge in [0, 0.05) is 50.7 Å². The molecule has 5 rings (SSSR count). The number of fused-ring (bicyclic) bond motifs is 15. The molecule has 4 amide bonds. The third kappa shape index (κ3) is 8.70. The van der Waals surface area contributed by atoms with E-state index in [0.717, 1.165) is 0 Å². The highest BCUT2D eigenvalue weighted by atomic mass is 19.1. The lowest BCUT2D eigenvalue weighted by Gasteiger charge is -2.41. The summed E-state index contributed by atoms with van der Waals surface area (Å²) in [6.07, 6.45) is 2.82. The monoisotopic (exact) mass is 575 g/mol. The average molecular weight is 576 g/mol. The summed E-state index contributed by atoms with van der Waals surface area (Å²) < 4.78 is 24.4. The van der Waals surface area contributed by atoms with Gasteiger partial charge < -0.3 is 35.2 Å². The Morgan fingerprint density at radius 3 is 2.44 bits per heavy atom. The molecule has 0 aromatic heterocycles. The highest BCUT2D eigenvalue weighted by Crippen LogP contribution is 2.29. The molecule has 226 valence electrons. The molecule has 12 heteroatoms. The van der Waals surface area contributed by atoms with Crippen molar-refractivity contribution in [3.8, 4) is 0 Å². The van der Waals surface area contributed by atoms with Gasteiger partial charge in [-0.1, -0.05) is 0 Å². The van der Waals surface area contributed by atoms with Gasteiger partial charge in [-0.25, -0.2) is 4.39 Å². The van der Waals surface area contributed by atoms with Crippen LogP contribution >= 0.6 is 0 Å². The van der Waals surface area contributed by atoms with Crippen LogP contribution in [0.5, 0.6) is 0 Å². The molecule has 3 N–H and O–H groups in total. The Morgan fingerprint density at radius 2 is 1.71 bits per heavy atom. The molecule has 41 heavy (non-hydrogen) atoms. The molecular weight excluding hydrogens is 533 g/mol. The smallest absolute Gasteiger partial charge is 0.253 e. The lowest BCUT2D eigenvalue weighted by atomic mass is 9.81. The zero-order valence-corrected chi connectivity index (χ0v) is 23.6. The maximum absolute atomic E-state index is 13.5. The van der Waals surface area contributed by atoms with Crippen LogP contribution in [0, 0.1) is 17.7 Å². The second-order valence-electron chi connectivity index (χ2n) is 11.0. The van der Waals surface area contributed by atoms with E-state index in [1.165, 1.54) is 24.3 Å². The van der Waals surface area contributed by atoms with Crippen LogP contribution in [0.2, 0.25) is 0 Å². The maximum atomic E-state index is 13.5. The van der Waals surface area contributed by atoms with Crippen LogP contribution in [0.1, 0.15) is 42.5 Å². The molecule has 4 fully saturated rings. The zero-order valence-electron chi connectivity index (χ0n) is 23.6. The number of hydrogen-bond donors (Lipinski definition) is 2. The second kappa shape index (κ2) is 15.2. The molecule has 2 bridgehead atoms. The fourth-order valence-corrected chi connectivity index (χ4v) is 5.97. The Labute approximate surface area is 240 Å². The molecule has 4 aliphatic heterocycles. The van der Waals surface area contributed by atoms with E-state index < -0.39 is 5.82 Å². The van der Waals surface area contributed by atoms with E-state index in [4.69, 9.17) is 15.2 Å². The topological polar surface area (TPSA) is 135 Å². The number of carbonyl (C=O) groups is 4. The SMILES string of the molecule is NCC[C@H]1CN2CC[C@H]1CC(=O)NCCOCCOCC(=O)N(C1CCN(C(=O)c3ccc(F)cc3)CC1)CC2=O. The Bertz CT molecular complexity index is 1050. The molecule has 11 nitrogen and oxygen atoms in total. The first-order valence-electron chi connectivity index (χ1n) is 14.6. The number of ether oxygens (including phenoxy) is 2. The van der Waals surface area contributed by atoms with Gasteiger partial charge in [-0.3, -0.25) is 19.2 Å².